The van der Waals surface area contributed by atoms with E-state index in [2.05, 4.69) is 45.1 Å². The first kappa shape index (κ1) is 12.4. The van der Waals surface area contributed by atoms with Crippen molar-refractivity contribution in [1.82, 2.24) is 9.97 Å². The summed E-state index contributed by atoms with van der Waals surface area (Å²) in [5.41, 5.74) is 0. The summed E-state index contributed by atoms with van der Waals surface area (Å²) in [6.45, 7) is 5.49. The Balaban J connectivity index is 2.18. The molecule has 4 heteroatoms. The van der Waals surface area contributed by atoms with Gasteiger partial charge in [0.15, 0.2) is 0 Å². The predicted molar refractivity (Wildman–Crippen MR) is 66.9 cm³/mol. The van der Waals surface area contributed by atoms with E-state index in [1.54, 1.807) is 12.5 Å². The first-order valence-corrected chi connectivity index (χ1v) is 6.19. The lowest BCUT2D eigenvalue weighted by molar-refractivity contribution is 0.544. The largest absolute Gasteiger partial charge is 0.369 e. The molecule has 0 saturated heterocycles. The van der Waals surface area contributed by atoms with Crippen LogP contribution in [-0.4, -0.2) is 16.5 Å². The number of nitrogens with one attached hydrogen (secondary N) is 1. The molecule has 0 saturated carbocycles. The molecule has 1 heterocycles. The third-order valence-electron chi connectivity index (χ3n) is 2.17. The summed E-state index contributed by atoms with van der Waals surface area (Å²) >= 11 is 3.40. The topological polar surface area (TPSA) is 37.8 Å². The Kier molecular flexibility index (Phi) is 5.61. The molecule has 0 bridgehead atoms. The molecule has 3 nitrogen and oxygen atoms in total. The van der Waals surface area contributed by atoms with Crippen molar-refractivity contribution in [3.63, 3.8) is 0 Å². The number of hydrogen-bond acceptors (Lipinski definition) is 3. The molecule has 15 heavy (non-hydrogen) atoms. The standard InChI is InChI=1S/C11H18BrN3/c1-9(2)5-3-4-6-14-11-10(12)7-13-8-15-11/h7-9H,3-6H2,1-2H3,(H,13,14,15). The first-order valence-electron chi connectivity index (χ1n) is 5.39. The zero-order chi connectivity index (χ0) is 11.1. The summed E-state index contributed by atoms with van der Waals surface area (Å²) in [6.07, 6.45) is 7.07. The number of hydrogen-bond donors (Lipinski definition) is 1. The van der Waals surface area contributed by atoms with Crippen LogP contribution < -0.4 is 5.32 Å². The second-order valence-electron chi connectivity index (χ2n) is 4.04. The Bertz CT molecular complexity index is 289. The van der Waals surface area contributed by atoms with Crippen LogP contribution >= 0.6 is 15.9 Å². The highest BCUT2D eigenvalue weighted by molar-refractivity contribution is 9.10. The molecular weight excluding hydrogens is 254 g/mol. The van der Waals surface area contributed by atoms with E-state index in [9.17, 15) is 0 Å². The van der Waals surface area contributed by atoms with Crippen molar-refractivity contribution in [3.05, 3.63) is 17.0 Å². The van der Waals surface area contributed by atoms with Gasteiger partial charge in [-0.1, -0.05) is 26.7 Å². The highest BCUT2D eigenvalue weighted by Gasteiger charge is 1.99. The summed E-state index contributed by atoms with van der Waals surface area (Å²) in [6, 6.07) is 0. The fourth-order valence-electron chi connectivity index (χ4n) is 1.33. The van der Waals surface area contributed by atoms with Crippen LogP contribution in [-0.2, 0) is 0 Å². The fourth-order valence-corrected chi connectivity index (χ4v) is 1.69. The van der Waals surface area contributed by atoms with Crippen molar-refractivity contribution in [2.45, 2.75) is 33.1 Å². The average Bonchev–Trinajstić information content (AvgIpc) is 2.20. The molecule has 1 N–H and O–H groups in total. The summed E-state index contributed by atoms with van der Waals surface area (Å²) in [5, 5.41) is 3.29. The third kappa shape index (κ3) is 5.11. The van der Waals surface area contributed by atoms with Crippen molar-refractivity contribution in [2.24, 2.45) is 5.92 Å². The maximum Gasteiger partial charge on any atom is 0.143 e. The molecule has 1 aromatic rings. The minimum Gasteiger partial charge on any atom is -0.369 e. The van der Waals surface area contributed by atoms with Crippen molar-refractivity contribution in [1.29, 1.82) is 0 Å². The van der Waals surface area contributed by atoms with Gasteiger partial charge in [0, 0.05) is 12.7 Å². The molecule has 1 rings (SSSR count). The van der Waals surface area contributed by atoms with Gasteiger partial charge >= 0.3 is 0 Å². The molecule has 0 fully saturated rings. The third-order valence-corrected chi connectivity index (χ3v) is 2.75. The number of aromatic nitrogens is 2. The normalized spacial score (nSPS) is 10.7. The number of anilines is 1. The first-order chi connectivity index (χ1) is 7.20. The molecule has 0 aromatic carbocycles. The van der Waals surface area contributed by atoms with Crippen LogP contribution in [0.4, 0.5) is 5.82 Å². The Hall–Kier alpha value is -0.640. The second kappa shape index (κ2) is 6.77. The number of nitrogens with zero attached hydrogens (tertiary/aromatic N) is 2. The lowest BCUT2D eigenvalue weighted by atomic mass is 10.1. The van der Waals surface area contributed by atoms with Gasteiger partial charge in [-0.2, -0.15) is 0 Å². The lowest BCUT2D eigenvalue weighted by Crippen LogP contribution is -2.04. The van der Waals surface area contributed by atoms with E-state index < -0.39 is 0 Å². The summed E-state index contributed by atoms with van der Waals surface area (Å²) in [7, 11) is 0. The SMILES string of the molecule is CC(C)CCCCNc1ncncc1Br. The van der Waals surface area contributed by atoms with E-state index in [1.165, 1.54) is 19.3 Å². The van der Waals surface area contributed by atoms with Gasteiger partial charge in [0.2, 0.25) is 0 Å². The molecular formula is C11H18BrN3. The minimum absolute atomic E-state index is 0.802. The van der Waals surface area contributed by atoms with Crippen LogP contribution in [0.5, 0.6) is 0 Å². The Morgan fingerprint density at radius 1 is 1.40 bits per heavy atom. The van der Waals surface area contributed by atoms with Gasteiger partial charge in [-0.25, -0.2) is 9.97 Å². The van der Waals surface area contributed by atoms with Crippen LogP contribution in [0.15, 0.2) is 17.0 Å². The van der Waals surface area contributed by atoms with Gasteiger partial charge < -0.3 is 5.32 Å². The van der Waals surface area contributed by atoms with Crippen LogP contribution in [0.3, 0.4) is 0 Å². The number of halogens is 1. The van der Waals surface area contributed by atoms with Crippen LogP contribution in [0.25, 0.3) is 0 Å². The summed E-state index contributed by atoms with van der Waals surface area (Å²) in [5.74, 6) is 1.69. The van der Waals surface area contributed by atoms with E-state index in [1.807, 2.05) is 0 Å². The zero-order valence-electron chi connectivity index (χ0n) is 9.33. The second-order valence-corrected chi connectivity index (χ2v) is 4.89. The van der Waals surface area contributed by atoms with Gasteiger partial charge in [-0.05, 0) is 28.3 Å². The van der Waals surface area contributed by atoms with E-state index in [-0.39, 0.29) is 0 Å². The highest BCUT2D eigenvalue weighted by atomic mass is 79.9. The van der Waals surface area contributed by atoms with Gasteiger partial charge in [0.1, 0.15) is 12.1 Å². The Labute approximate surface area is 99.8 Å². The van der Waals surface area contributed by atoms with Crippen LogP contribution in [0, 0.1) is 5.92 Å². The average molecular weight is 272 g/mol. The quantitative estimate of drug-likeness (QED) is 0.806. The monoisotopic (exact) mass is 271 g/mol. The molecule has 0 aliphatic carbocycles. The van der Waals surface area contributed by atoms with Gasteiger partial charge in [-0.15, -0.1) is 0 Å². The van der Waals surface area contributed by atoms with Crippen molar-refractivity contribution in [3.8, 4) is 0 Å². The summed E-state index contributed by atoms with van der Waals surface area (Å²) < 4.78 is 0.925. The zero-order valence-corrected chi connectivity index (χ0v) is 10.9. The molecule has 1 aromatic heterocycles. The van der Waals surface area contributed by atoms with Gasteiger partial charge in [0.25, 0.3) is 0 Å². The minimum atomic E-state index is 0.802. The lowest BCUT2D eigenvalue weighted by Gasteiger charge is -2.07. The number of rotatable bonds is 6. The fraction of sp³-hybridized carbons (Fsp3) is 0.636. The van der Waals surface area contributed by atoms with Crippen molar-refractivity contribution >= 4 is 21.7 Å². The van der Waals surface area contributed by atoms with Crippen molar-refractivity contribution in [2.75, 3.05) is 11.9 Å². The molecule has 0 aliphatic rings. The number of unbranched alkanes of at least 4 members (excludes halogenated alkanes) is 1. The Morgan fingerprint density at radius 2 is 2.20 bits per heavy atom. The molecule has 0 unspecified atom stereocenters. The van der Waals surface area contributed by atoms with E-state index in [0.29, 0.717) is 0 Å². The van der Waals surface area contributed by atoms with Gasteiger partial charge in [-0.3, -0.25) is 0 Å². The molecule has 0 radical (unpaired) electrons. The van der Waals surface area contributed by atoms with Crippen LogP contribution in [0.1, 0.15) is 33.1 Å². The van der Waals surface area contributed by atoms with E-state index >= 15 is 0 Å². The molecule has 84 valence electrons. The molecule has 0 amide bonds. The predicted octanol–water partition coefficient (Wildman–Crippen LogP) is 3.48. The van der Waals surface area contributed by atoms with Crippen LogP contribution in [0.2, 0.25) is 0 Å². The Morgan fingerprint density at radius 3 is 2.87 bits per heavy atom. The molecule has 0 atom stereocenters. The van der Waals surface area contributed by atoms with E-state index in [4.69, 9.17) is 0 Å². The maximum atomic E-state index is 4.14. The van der Waals surface area contributed by atoms with E-state index in [0.717, 1.165) is 22.8 Å². The van der Waals surface area contributed by atoms with Crippen molar-refractivity contribution < 1.29 is 0 Å². The summed E-state index contributed by atoms with van der Waals surface area (Å²) in [4.78, 5) is 8.06. The highest BCUT2D eigenvalue weighted by Crippen LogP contribution is 2.17. The van der Waals surface area contributed by atoms with Gasteiger partial charge in [0.05, 0.1) is 4.47 Å². The maximum absolute atomic E-state index is 4.14. The molecule has 0 aliphatic heterocycles. The smallest absolute Gasteiger partial charge is 0.143 e. The molecule has 0 spiro atoms.